The van der Waals surface area contributed by atoms with Crippen molar-refractivity contribution in [2.24, 2.45) is 11.7 Å². The first kappa shape index (κ1) is 12.3. The Labute approximate surface area is 112 Å². The molecule has 2 N–H and O–H groups in total. The highest BCUT2D eigenvalue weighted by molar-refractivity contribution is 6.21. The molecule has 19 heavy (non-hydrogen) atoms. The van der Waals surface area contributed by atoms with Crippen LogP contribution in [0.15, 0.2) is 24.3 Å². The SMILES string of the molecule is NCC1CCN(CN2C(=O)c3ccccc3C2=O)C1. The molecule has 0 aliphatic carbocycles. The normalized spacial score (nSPS) is 23.2. The predicted octanol–water partition coefficient (Wildman–Crippen LogP) is 0.521. The summed E-state index contributed by atoms with van der Waals surface area (Å²) < 4.78 is 0. The van der Waals surface area contributed by atoms with Crippen molar-refractivity contribution in [3.8, 4) is 0 Å². The molecule has 2 aliphatic rings. The van der Waals surface area contributed by atoms with Gasteiger partial charge in [-0.3, -0.25) is 19.4 Å². The van der Waals surface area contributed by atoms with Crippen molar-refractivity contribution in [2.45, 2.75) is 6.42 Å². The molecule has 1 aromatic carbocycles. The zero-order valence-corrected chi connectivity index (χ0v) is 10.7. The quantitative estimate of drug-likeness (QED) is 0.804. The van der Waals surface area contributed by atoms with Crippen LogP contribution in [-0.4, -0.2) is 47.9 Å². The number of nitrogens with zero attached hydrogens (tertiary/aromatic N) is 2. The fraction of sp³-hybridized carbons (Fsp3) is 0.429. The second-order valence-corrected chi connectivity index (χ2v) is 5.19. The van der Waals surface area contributed by atoms with E-state index in [2.05, 4.69) is 4.90 Å². The molecule has 0 spiro atoms. The molecule has 1 aromatic rings. The predicted molar refractivity (Wildman–Crippen MR) is 70.5 cm³/mol. The van der Waals surface area contributed by atoms with E-state index in [1.165, 1.54) is 4.90 Å². The van der Waals surface area contributed by atoms with Crippen molar-refractivity contribution in [1.29, 1.82) is 0 Å². The summed E-state index contributed by atoms with van der Waals surface area (Å²) in [5.41, 5.74) is 6.69. The average molecular weight is 259 g/mol. The molecule has 1 saturated heterocycles. The highest BCUT2D eigenvalue weighted by Crippen LogP contribution is 2.24. The molecule has 100 valence electrons. The van der Waals surface area contributed by atoms with E-state index in [0.717, 1.165) is 19.5 Å². The van der Waals surface area contributed by atoms with E-state index in [1.807, 2.05) is 0 Å². The second-order valence-electron chi connectivity index (χ2n) is 5.19. The Hall–Kier alpha value is -1.72. The van der Waals surface area contributed by atoms with Crippen molar-refractivity contribution in [2.75, 3.05) is 26.3 Å². The Balaban J connectivity index is 1.74. The summed E-state index contributed by atoms with van der Waals surface area (Å²) in [5.74, 6) is 0.115. The van der Waals surface area contributed by atoms with Gasteiger partial charge in [0.2, 0.25) is 0 Å². The van der Waals surface area contributed by atoms with Crippen LogP contribution in [0.25, 0.3) is 0 Å². The van der Waals surface area contributed by atoms with Gasteiger partial charge in [0.25, 0.3) is 11.8 Å². The van der Waals surface area contributed by atoms with Gasteiger partial charge in [0.15, 0.2) is 0 Å². The lowest BCUT2D eigenvalue weighted by atomic mass is 10.1. The summed E-state index contributed by atoms with van der Waals surface area (Å²) in [7, 11) is 0. The molecule has 1 fully saturated rings. The number of benzene rings is 1. The number of nitrogens with two attached hydrogens (primary N) is 1. The van der Waals surface area contributed by atoms with Crippen molar-refractivity contribution in [3.63, 3.8) is 0 Å². The van der Waals surface area contributed by atoms with Gasteiger partial charge in [-0.2, -0.15) is 0 Å². The molecule has 1 atom stereocenters. The smallest absolute Gasteiger partial charge is 0.262 e. The first-order valence-corrected chi connectivity index (χ1v) is 6.58. The van der Waals surface area contributed by atoms with Crippen LogP contribution >= 0.6 is 0 Å². The number of carbonyl (C=O) groups excluding carboxylic acids is 2. The van der Waals surface area contributed by atoms with Gasteiger partial charge < -0.3 is 5.73 Å². The van der Waals surface area contributed by atoms with Gasteiger partial charge in [-0.05, 0) is 31.0 Å². The van der Waals surface area contributed by atoms with Gasteiger partial charge >= 0.3 is 0 Å². The minimum atomic E-state index is -0.184. The van der Waals surface area contributed by atoms with Gasteiger partial charge in [-0.1, -0.05) is 12.1 Å². The van der Waals surface area contributed by atoms with Crippen LogP contribution in [0.4, 0.5) is 0 Å². The number of imide groups is 1. The van der Waals surface area contributed by atoms with Crippen LogP contribution < -0.4 is 5.73 Å². The van der Waals surface area contributed by atoms with E-state index < -0.39 is 0 Å². The highest BCUT2D eigenvalue weighted by atomic mass is 16.2. The minimum Gasteiger partial charge on any atom is -0.330 e. The maximum Gasteiger partial charge on any atom is 0.262 e. The fourth-order valence-electron chi connectivity index (χ4n) is 2.80. The average Bonchev–Trinajstić information content (AvgIpc) is 2.99. The lowest BCUT2D eigenvalue weighted by Crippen LogP contribution is -2.40. The topological polar surface area (TPSA) is 66.6 Å². The van der Waals surface area contributed by atoms with Gasteiger partial charge in [0.05, 0.1) is 17.8 Å². The molecular formula is C14H17N3O2. The van der Waals surface area contributed by atoms with Gasteiger partial charge in [-0.25, -0.2) is 0 Å². The first-order chi connectivity index (χ1) is 9.20. The number of rotatable bonds is 3. The van der Waals surface area contributed by atoms with E-state index in [9.17, 15) is 9.59 Å². The van der Waals surface area contributed by atoms with Gasteiger partial charge in [-0.15, -0.1) is 0 Å². The molecule has 0 bridgehead atoms. The number of fused-ring (bicyclic) bond motifs is 1. The van der Waals surface area contributed by atoms with Crippen LogP contribution in [0, 0.1) is 5.92 Å². The Morgan fingerprint density at radius 2 is 1.79 bits per heavy atom. The maximum atomic E-state index is 12.2. The standard InChI is InChI=1S/C14H17N3O2/c15-7-10-5-6-16(8-10)9-17-13(18)11-3-1-2-4-12(11)14(17)19/h1-4,10H,5-9,15H2. The molecule has 1 unspecified atom stereocenters. The molecular weight excluding hydrogens is 242 g/mol. The second kappa shape index (κ2) is 4.75. The molecule has 0 saturated carbocycles. The Bertz CT molecular complexity index is 494. The number of carbonyl (C=O) groups is 2. The summed E-state index contributed by atoms with van der Waals surface area (Å²) in [6.45, 7) is 2.81. The first-order valence-electron chi connectivity index (χ1n) is 6.58. The Morgan fingerprint density at radius 3 is 2.32 bits per heavy atom. The molecule has 5 heteroatoms. The third-order valence-electron chi connectivity index (χ3n) is 3.92. The van der Waals surface area contributed by atoms with E-state index >= 15 is 0 Å². The number of hydrogen-bond donors (Lipinski definition) is 1. The van der Waals surface area contributed by atoms with Crippen LogP contribution in [0.3, 0.4) is 0 Å². The van der Waals surface area contributed by atoms with Crippen molar-refractivity contribution < 1.29 is 9.59 Å². The van der Waals surface area contributed by atoms with Crippen LogP contribution in [0.1, 0.15) is 27.1 Å². The number of likely N-dealkylation sites (tertiary alicyclic amines) is 1. The zero-order valence-electron chi connectivity index (χ0n) is 10.7. The summed E-state index contributed by atoms with van der Waals surface area (Å²) in [6, 6.07) is 6.99. The summed E-state index contributed by atoms with van der Waals surface area (Å²) in [5, 5.41) is 0. The van der Waals surface area contributed by atoms with Crippen molar-refractivity contribution in [1.82, 2.24) is 9.80 Å². The van der Waals surface area contributed by atoms with Crippen molar-refractivity contribution >= 4 is 11.8 Å². The van der Waals surface area contributed by atoms with E-state index in [0.29, 0.717) is 30.3 Å². The van der Waals surface area contributed by atoms with Crippen LogP contribution in [0.2, 0.25) is 0 Å². The number of amides is 2. The molecule has 3 rings (SSSR count). The summed E-state index contributed by atoms with van der Waals surface area (Å²) >= 11 is 0. The van der Waals surface area contributed by atoms with Gasteiger partial charge in [0, 0.05) is 13.1 Å². The maximum absolute atomic E-state index is 12.2. The fourth-order valence-corrected chi connectivity index (χ4v) is 2.80. The minimum absolute atomic E-state index is 0.184. The third-order valence-corrected chi connectivity index (χ3v) is 3.92. The van der Waals surface area contributed by atoms with Crippen LogP contribution in [0.5, 0.6) is 0 Å². The van der Waals surface area contributed by atoms with E-state index in [-0.39, 0.29) is 11.8 Å². The Morgan fingerprint density at radius 1 is 1.16 bits per heavy atom. The summed E-state index contributed by atoms with van der Waals surface area (Å²) in [4.78, 5) is 27.9. The third kappa shape index (κ3) is 2.05. The molecule has 5 nitrogen and oxygen atoms in total. The molecule has 0 aromatic heterocycles. The van der Waals surface area contributed by atoms with Crippen LogP contribution in [-0.2, 0) is 0 Å². The largest absolute Gasteiger partial charge is 0.330 e. The number of hydrogen-bond acceptors (Lipinski definition) is 4. The van der Waals surface area contributed by atoms with Gasteiger partial charge in [0.1, 0.15) is 0 Å². The van der Waals surface area contributed by atoms with Crippen molar-refractivity contribution in [3.05, 3.63) is 35.4 Å². The molecule has 2 heterocycles. The van der Waals surface area contributed by atoms with E-state index in [1.54, 1.807) is 24.3 Å². The molecule has 0 radical (unpaired) electrons. The zero-order chi connectivity index (χ0) is 13.4. The monoisotopic (exact) mass is 259 g/mol. The lowest BCUT2D eigenvalue weighted by molar-refractivity contribution is 0.0561. The van der Waals surface area contributed by atoms with E-state index in [4.69, 9.17) is 5.73 Å². The lowest BCUT2D eigenvalue weighted by Gasteiger charge is -2.22. The Kier molecular flexibility index (Phi) is 3.08. The molecule has 2 aliphatic heterocycles. The highest BCUT2D eigenvalue weighted by Gasteiger charge is 2.36. The summed E-state index contributed by atoms with van der Waals surface area (Å²) in [6.07, 6.45) is 1.04. The molecule has 2 amide bonds.